The molecule has 0 saturated carbocycles. The maximum Gasteiger partial charge on any atom is 0.241 e. The molecule has 0 fully saturated rings. The second kappa shape index (κ2) is 6.95. The van der Waals surface area contributed by atoms with Gasteiger partial charge in [0.15, 0.2) is 0 Å². The van der Waals surface area contributed by atoms with Crippen molar-refractivity contribution in [2.24, 2.45) is 0 Å². The van der Waals surface area contributed by atoms with E-state index in [4.69, 9.17) is 16.0 Å². The van der Waals surface area contributed by atoms with Gasteiger partial charge in [0.2, 0.25) is 15.9 Å². The number of amides is 1. The third-order valence-electron chi connectivity index (χ3n) is 2.90. The first-order chi connectivity index (χ1) is 10.4. The van der Waals surface area contributed by atoms with Gasteiger partial charge in [-0.05, 0) is 36.8 Å². The summed E-state index contributed by atoms with van der Waals surface area (Å²) in [5.41, 5.74) is 0.549. The predicted molar refractivity (Wildman–Crippen MR) is 81.9 cm³/mol. The van der Waals surface area contributed by atoms with Gasteiger partial charge in [-0.1, -0.05) is 17.7 Å². The van der Waals surface area contributed by atoms with Gasteiger partial charge in [-0.3, -0.25) is 4.79 Å². The highest BCUT2D eigenvalue weighted by atomic mass is 35.5. The van der Waals surface area contributed by atoms with E-state index < -0.39 is 15.9 Å². The van der Waals surface area contributed by atoms with E-state index in [1.807, 2.05) is 0 Å². The third-order valence-corrected chi connectivity index (χ3v) is 4.68. The quantitative estimate of drug-likeness (QED) is 0.838. The summed E-state index contributed by atoms with van der Waals surface area (Å²) in [5, 5.41) is 2.86. The summed E-state index contributed by atoms with van der Waals surface area (Å²) in [6.45, 7) is 1.49. The zero-order valence-corrected chi connectivity index (χ0v) is 13.4. The van der Waals surface area contributed by atoms with Crippen molar-refractivity contribution in [3.05, 3.63) is 52.9 Å². The number of rotatable bonds is 6. The maximum atomic E-state index is 12.2. The Kier molecular flexibility index (Phi) is 5.23. The molecule has 0 radical (unpaired) electrons. The fraction of sp³-hybridized carbons (Fsp3) is 0.214. The van der Waals surface area contributed by atoms with Crippen molar-refractivity contribution in [3.63, 3.8) is 0 Å². The summed E-state index contributed by atoms with van der Waals surface area (Å²) >= 11 is 5.81. The number of carbonyl (C=O) groups is 1. The lowest BCUT2D eigenvalue weighted by Gasteiger charge is -2.09. The van der Waals surface area contributed by atoms with Crippen molar-refractivity contribution in [1.82, 2.24) is 10.0 Å². The number of hydrogen-bond acceptors (Lipinski definition) is 4. The van der Waals surface area contributed by atoms with Crippen LogP contribution in [0.1, 0.15) is 11.3 Å². The standard InChI is InChI=1S/C14H15ClN2O4S/c1-10-4-5-11(15)7-13(10)22(19,20)17-9-14(18)16-8-12-3-2-6-21-12/h2-7,17H,8-9H2,1H3,(H,16,18). The Balaban J connectivity index is 1.94. The highest BCUT2D eigenvalue weighted by Crippen LogP contribution is 2.19. The molecule has 0 aliphatic heterocycles. The minimum absolute atomic E-state index is 0.0545. The van der Waals surface area contributed by atoms with Crippen LogP contribution in [0.4, 0.5) is 0 Å². The molecule has 0 aliphatic rings. The molecule has 2 aromatic rings. The van der Waals surface area contributed by atoms with E-state index in [0.717, 1.165) is 0 Å². The van der Waals surface area contributed by atoms with Gasteiger partial charge in [0.05, 0.1) is 24.2 Å². The summed E-state index contributed by atoms with van der Waals surface area (Å²) in [5.74, 6) is 0.126. The molecule has 1 amide bonds. The first kappa shape index (κ1) is 16.5. The number of nitrogens with one attached hydrogen (secondary N) is 2. The lowest BCUT2D eigenvalue weighted by molar-refractivity contribution is -0.120. The SMILES string of the molecule is Cc1ccc(Cl)cc1S(=O)(=O)NCC(=O)NCc1ccco1. The van der Waals surface area contributed by atoms with Gasteiger partial charge in [-0.2, -0.15) is 0 Å². The van der Waals surface area contributed by atoms with Crippen LogP contribution in [-0.2, 0) is 21.4 Å². The number of aryl methyl sites for hydroxylation is 1. The Morgan fingerprint density at radius 1 is 1.32 bits per heavy atom. The first-order valence-corrected chi connectivity index (χ1v) is 8.29. The molecule has 0 spiro atoms. The molecule has 0 atom stereocenters. The fourth-order valence-corrected chi connectivity index (χ4v) is 3.25. The molecule has 0 aliphatic carbocycles. The monoisotopic (exact) mass is 342 g/mol. The summed E-state index contributed by atoms with van der Waals surface area (Å²) in [7, 11) is -3.80. The Hall–Kier alpha value is -1.83. The molecule has 1 aromatic heterocycles. The molecule has 118 valence electrons. The van der Waals surface area contributed by atoms with Crippen LogP contribution in [-0.4, -0.2) is 20.9 Å². The van der Waals surface area contributed by atoms with Crippen LogP contribution < -0.4 is 10.0 Å². The van der Waals surface area contributed by atoms with Crippen LogP contribution >= 0.6 is 11.6 Å². The molecule has 0 saturated heterocycles. The van der Waals surface area contributed by atoms with Gasteiger partial charge in [0.25, 0.3) is 0 Å². The van der Waals surface area contributed by atoms with Crippen LogP contribution in [0.3, 0.4) is 0 Å². The molecular weight excluding hydrogens is 328 g/mol. The zero-order chi connectivity index (χ0) is 16.2. The molecular formula is C14H15ClN2O4S. The van der Waals surface area contributed by atoms with Gasteiger partial charge >= 0.3 is 0 Å². The van der Waals surface area contributed by atoms with Gasteiger partial charge in [-0.25, -0.2) is 13.1 Å². The van der Waals surface area contributed by atoms with Gasteiger partial charge in [0.1, 0.15) is 5.76 Å². The number of carbonyl (C=O) groups excluding carboxylic acids is 1. The van der Waals surface area contributed by atoms with Gasteiger partial charge in [0, 0.05) is 5.02 Å². The molecule has 0 bridgehead atoms. The maximum absolute atomic E-state index is 12.2. The highest BCUT2D eigenvalue weighted by molar-refractivity contribution is 7.89. The Labute approximate surface area is 133 Å². The first-order valence-electron chi connectivity index (χ1n) is 6.43. The largest absolute Gasteiger partial charge is 0.467 e. The molecule has 8 heteroatoms. The van der Waals surface area contributed by atoms with E-state index in [2.05, 4.69) is 10.0 Å². The summed E-state index contributed by atoms with van der Waals surface area (Å²) in [6.07, 6.45) is 1.49. The molecule has 1 heterocycles. The fourth-order valence-electron chi connectivity index (χ4n) is 1.76. The van der Waals surface area contributed by atoms with Crippen LogP contribution in [0.15, 0.2) is 45.9 Å². The van der Waals surface area contributed by atoms with E-state index >= 15 is 0 Å². The van der Waals surface area contributed by atoms with E-state index in [0.29, 0.717) is 16.3 Å². The van der Waals surface area contributed by atoms with Crippen molar-refractivity contribution in [1.29, 1.82) is 0 Å². The highest BCUT2D eigenvalue weighted by Gasteiger charge is 2.18. The number of hydrogen-bond donors (Lipinski definition) is 2. The third kappa shape index (κ3) is 4.33. The number of furan rings is 1. The normalized spacial score (nSPS) is 11.4. The summed E-state index contributed by atoms with van der Waals surface area (Å²) < 4.78 is 31.7. The van der Waals surface area contributed by atoms with Crippen molar-refractivity contribution in [2.45, 2.75) is 18.4 Å². The Morgan fingerprint density at radius 3 is 2.77 bits per heavy atom. The van der Waals surface area contributed by atoms with Crippen molar-refractivity contribution >= 4 is 27.5 Å². The van der Waals surface area contributed by atoms with Crippen LogP contribution in [0.25, 0.3) is 0 Å². The zero-order valence-electron chi connectivity index (χ0n) is 11.8. The topological polar surface area (TPSA) is 88.4 Å². The predicted octanol–water partition coefficient (Wildman–Crippen LogP) is 1.84. The smallest absolute Gasteiger partial charge is 0.241 e. The van der Waals surface area contributed by atoms with Crippen LogP contribution in [0.2, 0.25) is 5.02 Å². The lowest BCUT2D eigenvalue weighted by Crippen LogP contribution is -2.36. The Morgan fingerprint density at radius 2 is 2.09 bits per heavy atom. The van der Waals surface area contributed by atoms with Crippen LogP contribution in [0, 0.1) is 6.92 Å². The molecule has 2 rings (SSSR count). The lowest BCUT2D eigenvalue weighted by atomic mass is 10.2. The van der Waals surface area contributed by atoms with Crippen molar-refractivity contribution < 1.29 is 17.6 Å². The molecule has 22 heavy (non-hydrogen) atoms. The second-order valence-electron chi connectivity index (χ2n) is 4.59. The molecule has 1 aromatic carbocycles. The Bertz CT molecular complexity index is 757. The van der Waals surface area contributed by atoms with Crippen molar-refractivity contribution in [2.75, 3.05) is 6.54 Å². The van der Waals surface area contributed by atoms with E-state index in [9.17, 15) is 13.2 Å². The van der Waals surface area contributed by atoms with Crippen LogP contribution in [0.5, 0.6) is 0 Å². The van der Waals surface area contributed by atoms with E-state index in [1.54, 1.807) is 31.2 Å². The summed E-state index contributed by atoms with van der Waals surface area (Å²) in [4.78, 5) is 11.7. The molecule has 6 nitrogen and oxygen atoms in total. The number of halogens is 1. The average Bonchev–Trinajstić information content (AvgIpc) is 2.99. The van der Waals surface area contributed by atoms with Crippen molar-refractivity contribution in [3.8, 4) is 0 Å². The summed E-state index contributed by atoms with van der Waals surface area (Å²) in [6, 6.07) is 7.96. The second-order valence-corrected chi connectivity index (χ2v) is 6.76. The average molecular weight is 343 g/mol. The van der Waals surface area contributed by atoms with E-state index in [-0.39, 0.29) is 18.0 Å². The minimum Gasteiger partial charge on any atom is -0.467 e. The molecule has 2 N–H and O–H groups in total. The van der Waals surface area contributed by atoms with Gasteiger partial charge in [-0.15, -0.1) is 0 Å². The number of benzene rings is 1. The number of sulfonamides is 1. The molecule has 0 unspecified atom stereocenters. The van der Waals surface area contributed by atoms with E-state index in [1.165, 1.54) is 12.3 Å². The van der Waals surface area contributed by atoms with Gasteiger partial charge < -0.3 is 9.73 Å². The minimum atomic E-state index is -3.80.